The molecule has 10 heavy (non-hydrogen) atoms. The lowest BCUT2D eigenvalue weighted by Crippen LogP contribution is -1.84. The van der Waals surface area contributed by atoms with Gasteiger partial charge in [0.1, 0.15) is 0 Å². The zero-order chi connectivity index (χ0) is 6.97. The molecule has 0 aromatic carbocycles. The number of azo groups is 1. The van der Waals surface area contributed by atoms with Gasteiger partial charge in [0.05, 0.1) is 11.4 Å². The van der Waals surface area contributed by atoms with E-state index in [0.29, 0.717) is 0 Å². The lowest BCUT2D eigenvalue weighted by molar-refractivity contribution is 1.15. The SMILES string of the molecule is CC1=C2C=CCC=C2N=N1. The molecule has 2 heteroatoms. The van der Waals surface area contributed by atoms with Gasteiger partial charge in [0.15, 0.2) is 0 Å². The van der Waals surface area contributed by atoms with Gasteiger partial charge in [-0.05, 0) is 13.3 Å². The fourth-order valence-corrected chi connectivity index (χ4v) is 1.14. The summed E-state index contributed by atoms with van der Waals surface area (Å²) in [5, 5.41) is 7.97. The Bertz CT molecular complexity index is 280. The van der Waals surface area contributed by atoms with Crippen molar-refractivity contribution >= 4 is 0 Å². The Morgan fingerprint density at radius 2 is 2.30 bits per heavy atom. The third-order valence-corrected chi connectivity index (χ3v) is 1.71. The maximum Gasteiger partial charge on any atom is 0.0911 e. The van der Waals surface area contributed by atoms with E-state index in [4.69, 9.17) is 0 Å². The lowest BCUT2D eigenvalue weighted by Gasteiger charge is -2.00. The Labute approximate surface area is 59.7 Å². The average Bonchev–Trinajstić information content (AvgIpc) is 2.34. The van der Waals surface area contributed by atoms with Gasteiger partial charge in [0.2, 0.25) is 0 Å². The summed E-state index contributed by atoms with van der Waals surface area (Å²) < 4.78 is 0. The smallest absolute Gasteiger partial charge is 0.0911 e. The van der Waals surface area contributed by atoms with Crippen LogP contribution in [0.3, 0.4) is 0 Å². The van der Waals surface area contributed by atoms with Crippen LogP contribution in [-0.2, 0) is 0 Å². The highest BCUT2D eigenvalue weighted by Gasteiger charge is 2.12. The van der Waals surface area contributed by atoms with Crippen LogP contribution in [0.25, 0.3) is 0 Å². The van der Waals surface area contributed by atoms with Crippen molar-refractivity contribution in [3.63, 3.8) is 0 Å². The van der Waals surface area contributed by atoms with Crippen LogP contribution >= 0.6 is 0 Å². The van der Waals surface area contributed by atoms with Crippen LogP contribution in [0.15, 0.2) is 45.4 Å². The number of allylic oxidation sites excluding steroid dienone is 4. The molecule has 1 aliphatic heterocycles. The highest BCUT2D eigenvalue weighted by Crippen LogP contribution is 2.28. The van der Waals surface area contributed by atoms with Gasteiger partial charge in [-0.1, -0.05) is 18.2 Å². The van der Waals surface area contributed by atoms with Gasteiger partial charge >= 0.3 is 0 Å². The number of rotatable bonds is 0. The van der Waals surface area contributed by atoms with Gasteiger partial charge in [-0.2, -0.15) is 10.2 Å². The van der Waals surface area contributed by atoms with Crippen LogP contribution < -0.4 is 0 Å². The molecule has 0 spiro atoms. The topological polar surface area (TPSA) is 24.7 Å². The minimum atomic E-state index is 0.991. The molecule has 0 unspecified atom stereocenters. The molecule has 0 aromatic rings. The van der Waals surface area contributed by atoms with E-state index >= 15 is 0 Å². The second kappa shape index (κ2) is 1.90. The third-order valence-electron chi connectivity index (χ3n) is 1.71. The Morgan fingerprint density at radius 1 is 1.40 bits per heavy atom. The molecule has 0 aromatic heterocycles. The predicted molar refractivity (Wildman–Crippen MR) is 39.4 cm³/mol. The zero-order valence-corrected chi connectivity index (χ0v) is 5.83. The molecule has 0 bridgehead atoms. The van der Waals surface area contributed by atoms with Crippen LogP contribution in [0, 0.1) is 0 Å². The molecule has 0 saturated carbocycles. The first kappa shape index (κ1) is 5.59. The Balaban J connectivity index is 2.52. The summed E-state index contributed by atoms with van der Waals surface area (Å²) in [5.74, 6) is 0. The van der Waals surface area contributed by atoms with Crippen LogP contribution in [-0.4, -0.2) is 0 Å². The molecular formula is C8H8N2. The van der Waals surface area contributed by atoms with Crippen molar-refractivity contribution in [3.05, 3.63) is 35.2 Å². The molecule has 0 radical (unpaired) electrons. The van der Waals surface area contributed by atoms with Gasteiger partial charge in [-0.15, -0.1) is 0 Å². The Hall–Kier alpha value is -1.18. The summed E-state index contributed by atoms with van der Waals surface area (Å²) in [6, 6.07) is 0. The second-order valence-electron chi connectivity index (χ2n) is 2.43. The first-order valence-electron chi connectivity index (χ1n) is 3.37. The maximum atomic E-state index is 4.00. The van der Waals surface area contributed by atoms with Crippen molar-refractivity contribution in [1.29, 1.82) is 0 Å². The Morgan fingerprint density at radius 3 is 3.10 bits per heavy atom. The van der Waals surface area contributed by atoms with Gasteiger partial charge in [0.25, 0.3) is 0 Å². The van der Waals surface area contributed by atoms with Crippen molar-refractivity contribution in [2.45, 2.75) is 13.3 Å². The normalized spacial score (nSPS) is 21.5. The van der Waals surface area contributed by atoms with Gasteiger partial charge in [0, 0.05) is 5.57 Å². The quantitative estimate of drug-likeness (QED) is 0.484. The molecule has 1 heterocycles. The number of hydrogen-bond donors (Lipinski definition) is 0. The summed E-state index contributed by atoms with van der Waals surface area (Å²) >= 11 is 0. The lowest BCUT2D eigenvalue weighted by atomic mass is 10.1. The van der Waals surface area contributed by atoms with Gasteiger partial charge < -0.3 is 0 Å². The van der Waals surface area contributed by atoms with E-state index < -0.39 is 0 Å². The van der Waals surface area contributed by atoms with Crippen molar-refractivity contribution in [3.8, 4) is 0 Å². The summed E-state index contributed by atoms with van der Waals surface area (Å²) in [5.41, 5.74) is 3.26. The molecule has 1 aliphatic carbocycles. The van der Waals surface area contributed by atoms with Crippen molar-refractivity contribution in [1.82, 2.24) is 0 Å². The van der Waals surface area contributed by atoms with Crippen LogP contribution in [0.2, 0.25) is 0 Å². The average molecular weight is 132 g/mol. The molecule has 0 fully saturated rings. The number of fused-ring (bicyclic) bond motifs is 1. The molecule has 0 amide bonds. The maximum absolute atomic E-state index is 4.00. The van der Waals surface area contributed by atoms with Crippen molar-refractivity contribution < 1.29 is 0 Å². The zero-order valence-electron chi connectivity index (χ0n) is 5.83. The van der Waals surface area contributed by atoms with Gasteiger partial charge in [-0.25, -0.2) is 0 Å². The van der Waals surface area contributed by atoms with Crippen LogP contribution in [0.1, 0.15) is 13.3 Å². The fraction of sp³-hybridized carbons (Fsp3) is 0.250. The third kappa shape index (κ3) is 0.652. The van der Waals surface area contributed by atoms with Crippen LogP contribution in [0.5, 0.6) is 0 Å². The van der Waals surface area contributed by atoms with E-state index in [9.17, 15) is 0 Å². The van der Waals surface area contributed by atoms with E-state index in [2.05, 4.69) is 28.5 Å². The molecule has 0 N–H and O–H groups in total. The minimum absolute atomic E-state index is 0.991. The molecule has 2 rings (SSSR count). The standard InChI is InChI=1S/C8H8N2/c1-6-7-4-2-3-5-8(7)10-9-6/h2,4-5H,3H2,1H3. The highest BCUT2D eigenvalue weighted by atomic mass is 15.1. The summed E-state index contributed by atoms with van der Waals surface area (Å²) in [6.07, 6.45) is 7.30. The molecule has 2 nitrogen and oxygen atoms in total. The van der Waals surface area contributed by atoms with Gasteiger partial charge in [-0.3, -0.25) is 0 Å². The number of hydrogen-bond acceptors (Lipinski definition) is 2. The summed E-state index contributed by atoms with van der Waals surface area (Å²) in [4.78, 5) is 0. The summed E-state index contributed by atoms with van der Waals surface area (Å²) in [7, 11) is 0. The molecule has 0 saturated heterocycles. The molecule has 50 valence electrons. The van der Waals surface area contributed by atoms with E-state index in [0.717, 1.165) is 17.8 Å². The fourth-order valence-electron chi connectivity index (χ4n) is 1.14. The first-order chi connectivity index (χ1) is 4.88. The second-order valence-corrected chi connectivity index (χ2v) is 2.43. The number of nitrogens with zero attached hydrogens (tertiary/aromatic N) is 2. The van der Waals surface area contributed by atoms with Crippen LogP contribution in [0.4, 0.5) is 0 Å². The first-order valence-corrected chi connectivity index (χ1v) is 3.37. The van der Waals surface area contributed by atoms with E-state index in [1.807, 2.05) is 6.92 Å². The van der Waals surface area contributed by atoms with E-state index in [1.165, 1.54) is 5.57 Å². The largest absolute Gasteiger partial charge is 0.155 e. The van der Waals surface area contributed by atoms with E-state index in [1.54, 1.807) is 0 Å². The highest BCUT2D eigenvalue weighted by molar-refractivity contribution is 5.47. The molecule has 0 atom stereocenters. The molecular weight excluding hydrogens is 124 g/mol. The summed E-state index contributed by atoms with van der Waals surface area (Å²) in [6.45, 7) is 1.98. The van der Waals surface area contributed by atoms with Crippen molar-refractivity contribution in [2.75, 3.05) is 0 Å². The molecule has 2 aliphatic rings. The van der Waals surface area contributed by atoms with Crippen molar-refractivity contribution in [2.24, 2.45) is 10.2 Å². The predicted octanol–water partition coefficient (Wildman–Crippen LogP) is 2.57. The monoisotopic (exact) mass is 132 g/mol. The minimum Gasteiger partial charge on any atom is -0.155 e. The Kier molecular flexibility index (Phi) is 1.07. The van der Waals surface area contributed by atoms with E-state index in [-0.39, 0.29) is 0 Å².